The minimum Gasteiger partial charge on any atom is -0.493 e. The second-order valence-corrected chi connectivity index (χ2v) is 8.90. The van der Waals surface area contributed by atoms with Crippen molar-refractivity contribution in [1.29, 1.82) is 0 Å². The highest BCUT2D eigenvalue weighted by Gasteiger charge is 2.19. The zero-order valence-corrected chi connectivity index (χ0v) is 19.4. The van der Waals surface area contributed by atoms with Gasteiger partial charge in [-0.15, -0.1) is 0 Å². The number of hydrogen-bond acceptors (Lipinski definition) is 6. The smallest absolute Gasteiger partial charge is 0.232 e. The summed E-state index contributed by atoms with van der Waals surface area (Å²) in [7, 11) is 1.12. The van der Waals surface area contributed by atoms with Gasteiger partial charge in [-0.3, -0.25) is 9.10 Å². The maximum atomic E-state index is 12.4. The van der Waals surface area contributed by atoms with Crippen molar-refractivity contribution >= 4 is 21.6 Å². The van der Waals surface area contributed by atoms with Crippen LogP contribution in [-0.4, -0.2) is 48.5 Å². The number of aryl methyl sites for hydroxylation is 1. The average molecular weight is 451 g/mol. The van der Waals surface area contributed by atoms with Gasteiger partial charge in [0.2, 0.25) is 21.7 Å². The Bertz CT molecular complexity index is 1010. The van der Waals surface area contributed by atoms with Gasteiger partial charge in [0.05, 0.1) is 33.3 Å². The Hall–Kier alpha value is -2.94. The number of carbonyl (C=O) groups excluding carboxylic acids is 1. The van der Waals surface area contributed by atoms with Crippen LogP contribution in [0.25, 0.3) is 0 Å². The summed E-state index contributed by atoms with van der Waals surface area (Å²) in [4.78, 5) is 12.4. The zero-order valence-electron chi connectivity index (χ0n) is 18.6. The lowest BCUT2D eigenvalue weighted by Gasteiger charge is -2.24. The summed E-state index contributed by atoms with van der Waals surface area (Å²) in [5.74, 6) is 1.30. The molecule has 0 spiro atoms. The molecule has 8 nitrogen and oxygen atoms in total. The van der Waals surface area contributed by atoms with E-state index in [1.165, 1.54) is 31.9 Å². The molecular weight excluding hydrogens is 420 g/mol. The van der Waals surface area contributed by atoms with Gasteiger partial charge < -0.3 is 19.5 Å². The van der Waals surface area contributed by atoms with Crippen molar-refractivity contribution < 1.29 is 27.4 Å². The third kappa shape index (κ3) is 6.27. The predicted octanol–water partition coefficient (Wildman–Crippen LogP) is 2.88. The monoisotopic (exact) mass is 450 g/mol. The summed E-state index contributed by atoms with van der Waals surface area (Å²) in [6.45, 7) is 2.32. The summed E-state index contributed by atoms with van der Waals surface area (Å²) in [5, 5.41) is 2.84. The van der Waals surface area contributed by atoms with E-state index in [1.54, 1.807) is 24.3 Å². The Labute approximate surface area is 184 Å². The summed E-state index contributed by atoms with van der Waals surface area (Å²) >= 11 is 0. The molecule has 0 heterocycles. The predicted molar refractivity (Wildman–Crippen MR) is 121 cm³/mol. The molecule has 0 unspecified atom stereocenters. The number of nitrogens with zero attached hydrogens (tertiary/aromatic N) is 1. The molecule has 170 valence electrons. The molecular formula is C22H30N2O6S. The van der Waals surface area contributed by atoms with Gasteiger partial charge in [0.15, 0.2) is 11.5 Å². The first-order chi connectivity index (χ1) is 14.7. The van der Waals surface area contributed by atoms with Crippen molar-refractivity contribution in [2.24, 2.45) is 0 Å². The number of para-hydroxylation sites is 1. The largest absolute Gasteiger partial charge is 0.493 e. The molecule has 1 amide bonds. The van der Waals surface area contributed by atoms with E-state index in [1.807, 2.05) is 19.1 Å². The van der Waals surface area contributed by atoms with Crippen molar-refractivity contribution in [3.63, 3.8) is 0 Å². The number of hydrogen-bond donors (Lipinski definition) is 1. The van der Waals surface area contributed by atoms with Gasteiger partial charge >= 0.3 is 0 Å². The number of methoxy groups -OCH3 is 3. The summed E-state index contributed by atoms with van der Waals surface area (Å²) in [6.07, 6.45) is 1.74. The molecule has 0 atom stereocenters. The quantitative estimate of drug-likeness (QED) is 0.566. The molecule has 9 heteroatoms. The van der Waals surface area contributed by atoms with Crippen LogP contribution in [0.1, 0.15) is 24.0 Å². The van der Waals surface area contributed by atoms with E-state index >= 15 is 0 Å². The third-order valence-corrected chi connectivity index (χ3v) is 5.99. The van der Waals surface area contributed by atoms with Crippen LogP contribution in [0.4, 0.5) is 5.69 Å². The van der Waals surface area contributed by atoms with E-state index in [0.717, 1.165) is 11.1 Å². The van der Waals surface area contributed by atoms with Gasteiger partial charge in [-0.05, 0) is 37.1 Å². The number of rotatable bonds is 11. The molecule has 2 aromatic rings. The lowest BCUT2D eigenvalue weighted by molar-refractivity contribution is -0.121. The summed E-state index contributed by atoms with van der Waals surface area (Å²) in [5.41, 5.74) is 2.23. The molecule has 31 heavy (non-hydrogen) atoms. The van der Waals surface area contributed by atoms with Crippen molar-refractivity contribution in [2.45, 2.75) is 26.3 Å². The molecule has 0 bridgehead atoms. The Morgan fingerprint density at radius 1 is 1.00 bits per heavy atom. The maximum absolute atomic E-state index is 12.4. The first-order valence-electron chi connectivity index (χ1n) is 9.80. The summed E-state index contributed by atoms with van der Waals surface area (Å²) in [6, 6.07) is 10.8. The van der Waals surface area contributed by atoms with Crippen LogP contribution < -0.4 is 23.8 Å². The normalized spacial score (nSPS) is 11.0. The maximum Gasteiger partial charge on any atom is 0.232 e. The van der Waals surface area contributed by atoms with Crippen LogP contribution in [-0.2, 0) is 21.4 Å². The molecule has 0 aliphatic carbocycles. The number of anilines is 1. The second kappa shape index (κ2) is 10.9. The Morgan fingerprint density at radius 2 is 1.68 bits per heavy atom. The van der Waals surface area contributed by atoms with Crippen LogP contribution >= 0.6 is 0 Å². The minimum atomic E-state index is -3.46. The fourth-order valence-corrected chi connectivity index (χ4v) is 4.30. The standard InChI is InChI=1S/C22H30N2O6S/c1-16-9-6-7-10-18(16)24(31(5,26)27)14-8-11-20(25)23-15-17-12-13-19(28-2)22(30-4)21(17)29-3/h6-7,9-10,12-13H,8,11,14-15H2,1-5H3,(H,23,25). The van der Waals surface area contributed by atoms with Gasteiger partial charge in [-0.1, -0.05) is 18.2 Å². The lowest BCUT2D eigenvalue weighted by Crippen LogP contribution is -2.32. The highest BCUT2D eigenvalue weighted by atomic mass is 32.2. The molecule has 0 saturated heterocycles. The number of sulfonamides is 1. The highest BCUT2D eigenvalue weighted by molar-refractivity contribution is 7.92. The van der Waals surface area contributed by atoms with Crippen molar-refractivity contribution in [2.75, 3.05) is 38.4 Å². The first-order valence-corrected chi connectivity index (χ1v) is 11.7. The molecule has 0 aliphatic rings. The summed E-state index contributed by atoms with van der Waals surface area (Å²) < 4.78 is 41.9. The molecule has 2 rings (SSSR count). The fraction of sp³-hybridized carbons (Fsp3) is 0.409. The van der Waals surface area contributed by atoms with E-state index in [9.17, 15) is 13.2 Å². The number of amides is 1. The van der Waals surface area contributed by atoms with Gasteiger partial charge in [0.25, 0.3) is 0 Å². The van der Waals surface area contributed by atoms with Gasteiger partial charge in [-0.25, -0.2) is 8.42 Å². The number of carbonyl (C=O) groups is 1. The van der Waals surface area contributed by atoms with Crippen molar-refractivity contribution in [3.05, 3.63) is 47.5 Å². The number of ether oxygens (including phenoxy) is 3. The molecule has 0 aromatic heterocycles. The Kier molecular flexibility index (Phi) is 8.56. The lowest BCUT2D eigenvalue weighted by atomic mass is 10.1. The minimum absolute atomic E-state index is 0.185. The van der Waals surface area contributed by atoms with Crippen molar-refractivity contribution in [3.8, 4) is 17.2 Å². The molecule has 2 aromatic carbocycles. The van der Waals surface area contributed by atoms with E-state index in [2.05, 4.69) is 5.32 Å². The molecule has 0 fully saturated rings. The van der Waals surface area contributed by atoms with E-state index in [-0.39, 0.29) is 25.4 Å². The highest BCUT2D eigenvalue weighted by Crippen LogP contribution is 2.39. The topological polar surface area (TPSA) is 94.2 Å². The molecule has 1 N–H and O–H groups in total. The molecule has 0 aliphatic heterocycles. The van der Waals surface area contributed by atoms with E-state index in [0.29, 0.717) is 29.4 Å². The van der Waals surface area contributed by atoms with Crippen LogP contribution in [0.3, 0.4) is 0 Å². The molecule has 0 saturated carbocycles. The van der Waals surface area contributed by atoms with Gasteiger partial charge in [-0.2, -0.15) is 0 Å². The number of nitrogens with one attached hydrogen (secondary N) is 1. The molecule has 0 radical (unpaired) electrons. The second-order valence-electron chi connectivity index (χ2n) is 7.00. The van der Waals surface area contributed by atoms with Crippen LogP contribution in [0, 0.1) is 6.92 Å². The third-order valence-electron chi connectivity index (χ3n) is 4.81. The van der Waals surface area contributed by atoms with Crippen LogP contribution in [0.5, 0.6) is 17.2 Å². The fourth-order valence-electron chi connectivity index (χ4n) is 3.28. The van der Waals surface area contributed by atoms with Crippen molar-refractivity contribution in [1.82, 2.24) is 5.32 Å². The number of benzene rings is 2. The van der Waals surface area contributed by atoms with Gasteiger partial charge in [0.1, 0.15) is 0 Å². The van der Waals surface area contributed by atoms with Gasteiger partial charge in [0, 0.05) is 25.1 Å². The Morgan fingerprint density at radius 3 is 2.26 bits per heavy atom. The first kappa shape index (κ1) is 24.3. The van der Waals surface area contributed by atoms with E-state index in [4.69, 9.17) is 14.2 Å². The van der Waals surface area contributed by atoms with Crippen LogP contribution in [0.2, 0.25) is 0 Å². The van der Waals surface area contributed by atoms with Crippen LogP contribution in [0.15, 0.2) is 36.4 Å². The SMILES string of the molecule is COc1ccc(CNC(=O)CCCN(c2ccccc2C)S(C)(=O)=O)c(OC)c1OC. The average Bonchev–Trinajstić information content (AvgIpc) is 2.74. The van der Waals surface area contributed by atoms with E-state index < -0.39 is 10.0 Å². The zero-order chi connectivity index (χ0) is 23.0. The Balaban J connectivity index is 1.99.